The molecule has 0 bridgehead atoms. The Labute approximate surface area is 170 Å². The maximum absolute atomic E-state index is 13.4. The zero-order valence-corrected chi connectivity index (χ0v) is 16.8. The van der Waals surface area contributed by atoms with Crippen molar-refractivity contribution in [1.82, 2.24) is 19.9 Å². The number of hydrogen-bond acceptors (Lipinski definition) is 5. The third-order valence-electron chi connectivity index (χ3n) is 5.38. The molecule has 6 nitrogen and oxygen atoms in total. The van der Waals surface area contributed by atoms with Gasteiger partial charge in [0.05, 0.1) is 6.61 Å². The molecule has 154 valence electrons. The minimum absolute atomic E-state index is 0.330. The molecule has 3 N–H and O–H groups in total. The summed E-state index contributed by atoms with van der Waals surface area (Å²) in [5.74, 6) is 0.403. The van der Waals surface area contributed by atoms with E-state index in [4.69, 9.17) is 10.5 Å². The minimum atomic E-state index is -0.679. The first-order valence-corrected chi connectivity index (χ1v) is 10.3. The van der Waals surface area contributed by atoms with Gasteiger partial charge in [0.2, 0.25) is 0 Å². The van der Waals surface area contributed by atoms with E-state index in [-0.39, 0.29) is 0 Å². The number of nitrogens with zero attached hydrogens (tertiary/aromatic N) is 3. The minimum Gasteiger partial charge on any atom is -0.463 e. The van der Waals surface area contributed by atoms with Gasteiger partial charge in [-0.3, -0.25) is 4.90 Å². The van der Waals surface area contributed by atoms with Gasteiger partial charge in [0, 0.05) is 37.8 Å². The Kier molecular flexibility index (Phi) is 5.94. The summed E-state index contributed by atoms with van der Waals surface area (Å²) in [7, 11) is 0. The summed E-state index contributed by atoms with van der Waals surface area (Å²) in [4.78, 5) is 14.2. The second-order valence-electron chi connectivity index (χ2n) is 7.75. The van der Waals surface area contributed by atoms with Crippen LogP contribution in [0.3, 0.4) is 0 Å². The molecule has 1 unspecified atom stereocenters. The Hall–Kier alpha value is -2.67. The fraction of sp³-hybridized carbons (Fsp3) is 0.455. The molecule has 1 aliphatic rings. The summed E-state index contributed by atoms with van der Waals surface area (Å²) in [5, 5.41) is 0. The van der Waals surface area contributed by atoms with E-state index in [2.05, 4.69) is 51.0 Å². The van der Waals surface area contributed by atoms with Crippen LogP contribution in [0.2, 0.25) is 0 Å². The van der Waals surface area contributed by atoms with Crippen LogP contribution in [-0.2, 0) is 13.0 Å². The average molecular weight is 397 g/mol. The molecule has 0 radical (unpaired) electrons. The molecule has 1 saturated heterocycles. The van der Waals surface area contributed by atoms with Gasteiger partial charge in [0.15, 0.2) is 5.82 Å². The highest BCUT2D eigenvalue weighted by Crippen LogP contribution is 2.25. The van der Waals surface area contributed by atoms with E-state index in [1.54, 1.807) is 0 Å². The highest BCUT2D eigenvalue weighted by atomic mass is 19.1. The van der Waals surface area contributed by atoms with Crippen molar-refractivity contribution < 1.29 is 9.13 Å². The van der Waals surface area contributed by atoms with Crippen LogP contribution in [0.1, 0.15) is 42.9 Å². The topological polar surface area (TPSA) is 80.1 Å². The summed E-state index contributed by atoms with van der Waals surface area (Å²) in [6, 6.07) is 8.83. The Morgan fingerprint density at radius 2 is 2.03 bits per heavy atom. The number of H-pyrrole nitrogens is 1. The first kappa shape index (κ1) is 19.6. The lowest BCUT2D eigenvalue weighted by atomic mass is 10.0. The maximum atomic E-state index is 13.4. The second-order valence-corrected chi connectivity index (χ2v) is 7.75. The predicted molar refractivity (Wildman–Crippen MR) is 113 cm³/mol. The Balaban J connectivity index is 1.47. The fourth-order valence-corrected chi connectivity index (χ4v) is 3.74. The molecule has 0 amide bonds. The predicted octanol–water partition coefficient (Wildman–Crippen LogP) is 3.85. The van der Waals surface area contributed by atoms with E-state index in [0.717, 1.165) is 48.9 Å². The van der Waals surface area contributed by atoms with E-state index >= 15 is 0 Å². The number of likely N-dealkylation sites (tertiary alicyclic amines) is 1. The zero-order chi connectivity index (χ0) is 20.2. The lowest BCUT2D eigenvalue weighted by Crippen LogP contribution is -2.20. The lowest BCUT2D eigenvalue weighted by Gasteiger charge is -2.14. The first-order valence-electron chi connectivity index (χ1n) is 10.3. The van der Waals surface area contributed by atoms with Gasteiger partial charge in [-0.1, -0.05) is 37.6 Å². The van der Waals surface area contributed by atoms with E-state index in [1.165, 1.54) is 11.1 Å². The summed E-state index contributed by atoms with van der Waals surface area (Å²) in [5.41, 5.74) is 11.1. The number of ether oxygens (including phenoxy) is 1. The van der Waals surface area contributed by atoms with Crippen LogP contribution in [0.4, 0.5) is 10.2 Å². The SMILES string of the molecule is CCCCOc1nc(N)c2[nH]cc(Cc3ccc(CN4CCC(F)C4)cc3)c2n1. The van der Waals surface area contributed by atoms with Crippen molar-refractivity contribution in [3.05, 3.63) is 47.2 Å². The van der Waals surface area contributed by atoms with Gasteiger partial charge in [0.25, 0.3) is 0 Å². The zero-order valence-electron chi connectivity index (χ0n) is 16.8. The number of nitrogen functional groups attached to an aromatic ring is 1. The third kappa shape index (κ3) is 4.67. The quantitative estimate of drug-likeness (QED) is 0.564. The molecular formula is C22H28FN5O. The first-order chi connectivity index (χ1) is 14.1. The van der Waals surface area contributed by atoms with Crippen molar-refractivity contribution >= 4 is 16.9 Å². The summed E-state index contributed by atoms with van der Waals surface area (Å²) < 4.78 is 19.0. The van der Waals surface area contributed by atoms with E-state index in [0.29, 0.717) is 31.4 Å². The van der Waals surface area contributed by atoms with Crippen molar-refractivity contribution in [3.63, 3.8) is 0 Å². The van der Waals surface area contributed by atoms with Gasteiger partial charge in [0.1, 0.15) is 17.2 Å². The number of anilines is 1. The molecule has 4 rings (SSSR count). The van der Waals surface area contributed by atoms with Gasteiger partial charge >= 0.3 is 6.01 Å². The molecular weight excluding hydrogens is 369 g/mol. The van der Waals surface area contributed by atoms with Crippen molar-refractivity contribution in [1.29, 1.82) is 0 Å². The van der Waals surface area contributed by atoms with Crippen LogP contribution < -0.4 is 10.5 Å². The number of benzene rings is 1. The molecule has 1 fully saturated rings. The average Bonchev–Trinajstić information content (AvgIpc) is 3.30. The van der Waals surface area contributed by atoms with Gasteiger partial charge < -0.3 is 15.5 Å². The largest absolute Gasteiger partial charge is 0.463 e. The van der Waals surface area contributed by atoms with Crippen molar-refractivity contribution in [2.75, 3.05) is 25.4 Å². The van der Waals surface area contributed by atoms with Crippen LogP contribution in [0.5, 0.6) is 6.01 Å². The summed E-state index contributed by atoms with van der Waals surface area (Å²) >= 11 is 0. The molecule has 0 saturated carbocycles. The van der Waals surface area contributed by atoms with E-state index in [9.17, 15) is 4.39 Å². The van der Waals surface area contributed by atoms with Gasteiger partial charge in [-0.25, -0.2) is 4.39 Å². The number of hydrogen-bond donors (Lipinski definition) is 2. The smallest absolute Gasteiger partial charge is 0.319 e. The number of nitrogens with two attached hydrogens (primary N) is 1. The van der Waals surface area contributed by atoms with Crippen molar-refractivity contribution in [2.45, 2.75) is 45.3 Å². The highest BCUT2D eigenvalue weighted by Gasteiger charge is 2.21. The molecule has 3 aromatic rings. The maximum Gasteiger partial charge on any atom is 0.319 e. The molecule has 3 heterocycles. The van der Waals surface area contributed by atoms with E-state index in [1.807, 2.05) is 6.20 Å². The molecule has 1 aromatic carbocycles. The molecule has 2 aromatic heterocycles. The summed E-state index contributed by atoms with van der Waals surface area (Å²) in [6.07, 6.45) is 4.65. The number of rotatable bonds is 8. The Morgan fingerprint density at radius 1 is 1.24 bits per heavy atom. The fourth-order valence-electron chi connectivity index (χ4n) is 3.74. The standard InChI is InChI=1S/C22H28FN5O/c1-2-3-10-29-22-26-19-17(12-25-20(19)21(24)27-22)11-15-4-6-16(7-5-15)13-28-9-8-18(23)14-28/h4-7,12,18,25H,2-3,8-11,13-14H2,1H3,(H2,24,26,27). The Morgan fingerprint density at radius 3 is 2.76 bits per heavy atom. The molecule has 1 aliphatic heterocycles. The van der Waals surface area contributed by atoms with Crippen molar-refractivity contribution in [2.24, 2.45) is 0 Å². The van der Waals surface area contributed by atoms with Gasteiger partial charge in [-0.2, -0.15) is 9.97 Å². The number of alkyl halides is 1. The number of unbranched alkanes of at least 4 members (excludes halogenated alkanes) is 1. The number of nitrogens with one attached hydrogen (secondary N) is 1. The van der Waals surface area contributed by atoms with Crippen LogP contribution in [0.15, 0.2) is 30.5 Å². The van der Waals surface area contributed by atoms with Gasteiger partial charge in [-0.15, -0.1) is 0 Å². The van der Waals surface area contributed by atoms with Gasteiger partial charge in [-0.05, 0) is 24.0 Å². The number of aromatic amines is 1. The second kappa shape index (κ2) is 8.78. The number of halogens is 1. The third-order valence-corrected chi connectivity index (χ3v) is 5.38. The monoisotopic (exact) mass is 397 g/mol. The molecule has 29 heavy (non-hydrogen) atoms. The normalized spacial score (nSPS) is 17.2. The number of fused-ring (bicyclic) bond motifs is 1. The molecule has 7 heteroatoms. The van der Waals surface area contributed by atoms with Crippen LogP contribution in [-0.4, -0.2) is 45.7 Å². The molecule has 0 aliphatic carbocycles. The lowest BCUT2D eigenvalue weighted by molar-refractivity contribution is 0.282. The molecule has 1 atom stereocenters. The molecule has 0 spiro atoms. The van der Waals surface area contributed by atoms with Crippen LogP contribution in [0.25, 0.3) is 11.0 Å². The van der Waals surface area contributed by atoms with Crippen molar-refractivity contribution in [3.8, 4) is 6.01 Å². The number of aromatic nitrogens is 3. The van der Waals surface area contributed by atoms with Crippen LogP contribution >= 0.6 is 0 Å². The summed E-state index contributed by atoms with van der Waals surface area (Å²) in [6.45, 7) is 4.88. The Bertz CT molecular complexity index is 956. The van der Waals surface area contributed by atoms with E-state index < -0.39 is 6.17 Å². The van der Waals surface area contributed by atoms with Crippen LogP contribution in [0, 0.1) is 0 Å². The highest BCUT2D eigenvalue weighted by molar-refractivity contribution is 5.87.